The van der Waals surface area contributed by atoms with Crippen molar-refractivity contribution in [3.8, 4) is 12.1 Å². The third kappa shape index (κ3) is 0.820. The lowest BCUT2D eigenvalue weighted by Crippen LogP contribution is -2.16. The molecule has 0 spiro atoms. The molecule has 3 aliphatic rings. The Labute approximate surface area is 101 Å². The van der Waals surface area contributed by atoms with Crippen LogP contribution in [0.3, 0.4) is 0 Å². The first-order valence-corrected chi connectivity index (χ1v) is 5.42. The van der Waals surface area contributed by atoms with E-state index in [1.807, 2.05) is 6.08 Å². The monoisotopic (exact) mass is 266 g/mol. The van der Waals surface area contributed by atoms with Gasteiger partial charge in [0.25, 0.3) is 0 Å². The van der Waals surface area contributed by atoms with Gasteiger partial charge < -0.3 is 0 Å². The molecule has 0 atom stereocenters. The molecule has 0 N–H and O–H groups in total. The Morgan fingerprint density at radius 2 is 2.06 bits per heavy atom. The van der Waals surface area contributed by atoms with E-state index in [1.165, 1.54) is 0 Å². The highest BCUT2D eigenvalue weighted by Crippen LogP contribution is 2.53. The fourth-order valence-electron chi connectivity index (χ4n) is 2.13. The zero-order valence-electron chi connectivity index (χ0n) is 8.00. The molecule has 0 heterocycles. The van der Waals surface area contributed by atoms with Gasteiger partial charge in [-0.15, -0.1) is 5.73 Å². The molecule has 72 valence electrons. The van der Waals surface area contributed by atoms with Crippen LogP contribution >= 0.6 is 15.9 Å². The second-order valence-corrected chi connectivity index (χ2v) is 4.45. The van der Waals surface area contributed by atoms with Crippen LogP contribution in [0.25, 0.3) is 0 Å². The molecule has 3 heteroatoms. The van der Waals surface area contributed by atoms with Gasteiger partial charge in [-0.1, -0.05) is 5.73 Å². The minimum Gasteiger partial charge on any atom is -0.196 e. The molecule has 0 aromatic rings. The van der Waals surface area contributed by atoms with E-state index in [0.717, 1.165) is 15.6 Å². The Bertz CT molecular complexity index is 690. The van der Waals surface area contributed by atoms with E-state index in [0.29, 0.717) is 11.1 Å². The van der Waals surface area contributed by atoms with Crippen LogP contribution in [-0.4, -0.2) is 0 Å². The van der Waals surface area contributed by atoms with Crippen LogP contribution in [0.2, 0.25) is 0 Å². The lowest BCUT2D eigenvalue weighted by Gasteiger charge is -2.14. The van der Waals surface area contributed by atoms with Crippen molar-refractivity contribution in [1.82, 2.24) is 0 Å². The normalized spacial score (nSPS) is 22.1. The summed E-state index contributed by atoms with van der Waals surface area (Å²) in [6.07, 6.45) is 5.37. The standard InChI is InChI=1S/C13H3BrN2/c14-12-5-11-10-4-8(2-1-3-9(10)12)13(11,6-15)7-16/h1-2,4H. The van der Waals surface area contributed by atoms with E-state index in [-0.39, 0.29) is 0 Å². The summed E-state index contributed by atoms with van der Waals surface area (Å²) >= 11 is 3.37. The van der Waals surface area contributed by atoms with Crippen LogP contribution in [0.5, 0.6) is 0 Å². The fourth-order valence-corrected chi connectivity index (χ4v) is 2.65. The largest absolute Gasteiger partial charge is 0.201 e. The van der Waals surface area contributed by atoms with Crippen molar-refractivity contribution in [1.29, 1.82) is 10.5 Å². The Morgan fingerprint density at radius 1 is 1.31 bits per heavy atom. The molecule has 0 aromatic carbocycles. The summed E-state index contributed by atoms with van der Waals surface area (Å²) in [5, 5.41) is 18.6. The van der Waals surface area contributed by atoms with Crippen LogP contribution < -0.4 is 0 Å². The van der Waals surface area contributed by atoms with Gasteiger partial charge in [-0.05, 0) is 39.7 Å². The average Bonchev–Trinajstić information content (AvgIpc) is 2.65. The van der Waals surface area contributed by atoms with E-state index in [1.54, 1.807) is 12.2 Å². The number of rotatable bonds is 0. The highest BCUT2D eigenvalue weighted by Gasteiger charge is 2.48. The SMILES string of the molecule is N#CC1(C#N)C2=C=C(Br)C3=C=CC=C1C=C32. The first kappa shape index (κ1) is 9.22. The van der Waals surface area contributed by atoms with Crippen LogP contribution in [0.1, 0.15) is 0 Å². The van der Waals surface area contributed by atoms with Gasteiger partial charge >= 0.3 is 0 Å². The maximum absolute atomic E-state index is 9.29. The number of nitrogens with zero attached hydrogens (tertiary/aromatic N) is 2. The van der Waals surface area contributed by atoms with Crippen LogP contribution in [-0.2, 0) is 0 Å². The van der Waals surface area contributed by atoms with Crippen molar-refractivity contribution in [2.24, 2.45) is 5.41 Å². The number of halogens is 1. The van der Waals surface area contributed by atoms with Gasteiger partial charge in [0.2, 0.25) is 5.41 Å². The number of nitriles is 2. The molecular weight excluding hydrogens is 264 g/mol. The highest BCUT2D eigenvalue weighted by atomic mass is 79.9. The van der Waals surface area contributed by atoms with Crippen molar-refractivity contribution in [3.63, 3.8) is 0 Å². The lowest BCUT2D eigenvalue weighted by atomic mass is 9.80. The minimum absolute atomic E-state index is 0.645. The van der Waals surface area contributed by atoms with Crippen molar-refractivity contribution in [2.45, 2.75) is 0 Å². The molecule has 0 radical (unpaired) electrons. The van der Waals surface area contributed by atoms with E-state index in [2.05, 4.69) is 39.5 Å². The maximum Gasteiger partial charge on any atom is 0.201 e. The average molecular weight is 267 g/mol. The molecule has 0 unspecified atom stereocenters. The molecule has 0 aromatic heterocycles. The smallest absolute Gasteiger partial charge is 0.196 e. The van der Waals surface area contributed by atoms with E-state index in [4.69, 9.17) is 0 Å². The summed E-state index contributed by atoms with van der Waals surface area (Å²) in [5.41, 5.74) is 8.06. The highest BCUT2D eigenvalue weighted by molar-refractivity contribution is 9.12. The molecule has 0 saturated heterocycles. The maximum atomic E-state index is 9.29. The molecular formula is C13H3BrN2. The predicted octanol–water partition coefficient (Wildman–Crippen LogP) is 2.80. The number of hydrogen-bond donors (Lipinski definition) is 0. The van der Waals surface area contributed by atoms with Gasteiger partial charge in [-0.2, -0.15) is 10.5 Å². The molecule has 3 rings (SSSR count). The van der Waals surface area contributed by atoms with E-state index >= 15 is 0 Å². The molecule has 0 amide bonds. The van der Waals surface area contributed by atoms with Gasteiger partial charge in [0.15, 0.2) is 0 Å². The molecule has 0 fully saturated rings. The summed E-state index contributed by atoms with van der Waals surface area (Å²) in [6, 6.07) is 4.20. The van der Waals surface area contributed by atoms with Gasteiger partial charge in [0, 0.05) is 16.7 Å². The number of fused-ring (bicyclic) bond motifs is 1. The molecule has 0 saturated carbocycles. The number of hydrogen-bond acceptors (Lipinski definition) is 2. The quantitative estimate of drug-likeness (QED) is 0.633. The minimum atomic E-state index is -1.20. The Kier molecular flexibility index (Phi) is 1.59. The zero-order valence-corrected chi connectivity index (χ0v) is 9.59. The molecule has 2 nitrogen and oxygen atoms in total. The number of allylic oxidation sites excluding steroid dienone is 6. The van der Waals surface area contributed by atoms with Gasteiger partial charge in [-0.3, -0.25) is 0 Å². The van der Waals surface area contributed by atoms with Crippen LogP contribution in [0.15, 0.2) is 56.5 Å². The molecule has 2 bridgehead atoms. The van der Waals surface area contributed by atoms with E-state index < -0.39 is 5.41 Å². The van der Waals surface area contributed by atoms with Crippen molar-refractivity contribution in [2.75, 3.05) is 0 Å². The molecule has 16 heavy (non-hydrogen) atoms. The molecule has 0 aliphatic heterocycles. The van der Waals surface area contributed by atoms with Crippen molar-refractivity contribution >= 4 is 15.9 Å². The van der Waals surface area contributed by atoms with Crippen LogP contribution in [0.4, 0.5) is 0 Å². The summed E-state index contributed by atoms with van der Waals surface area (Å²) in [6.45, 7) is 0. The Hall–Kier alpha value is -2.02. The van der Waals surface area contributed by atoms with Gasteiger partial charge in [-0.25, -0.2) is 0 Å². The fraction of sp³-hybridized carbons (Fsp3) is 0.0769. The van der Waals surface area contributed by atoms with Crippen molar-refractivity contribution < 1.29 is 0 Å². The first-order valence-electron chi connectivity index (χ1n) is 4.62. The summed E-state index contributed by atoms with van der Waals surface area (Å²) in [5.74, 6) is 0. The second kappa shape index (κ2) is 2.76. The molecule has 3 aliphatic carbocycles. The lowest BCUT2D eigenvalue weighted by molar-refractivity contribution is 0.796. The topological polar surface area (TPSA) is 47.6 Å². The third-order valence-corrected chi connectivity index (χ3v) is 3.52. The van der Waals surface area contributed by atoms with Crippen LogP contribution in [0, 0.1) is 28.1 Å². The van der Waals surface area contributed by atoms with Gasteiger partial charge in [0.05, 0.1) is 16.6 Å². The Morgan fingerprint density at radius 3 is 2.75 bits per heavy atom. The second-order valence-electron chi connectivity index (χ2n) is 3.65. The zero-order chi connectivity index (χ0) is 11.3. The Balaban J connectivity index is 2.47. The predicted molar refractivity (Wildman–Crippen MR) is 60.9 cm³/mol. The summed E-state index contributed by atoms with van der Waals surface area (Å²) in [4.78, 5) is 0. The van der Waals surface area contributed by atoms with Crippen molar-refractivity contribution in [3.05, 3.63) is 56.5 Å². The third-order valence-electron chi connectivity index (χ3n) is 2.93. The van der Waals surface area contributed by atoms with Gasteiger partial charge in [0.1, 0.15) is 0 Å². The van der Waals surface area contributed by atoms with E-state index in [9.17, 15) is 10.5 Å². The summed E-state index contributed by atoms with van der Waals surface area (Å²) < 4.78 is 0.759. The first-order chi connectivity index (χ1) is 7.73. The summed E-state index contributed by atoms with van der Waals surface area (Å²) in [7, 11) is 0.